The Labute approximate surface area is 155 Å². The summed E-state index contributed by atoms with van der Waals surface area (Å²) >= 11 is 0. The third-order valence-electron chi connectivity index (χ3n) is 3.81. The van der Waals surface area contributed by atoms with Crippen molar-refractivity contribution in [3.63, 3.8) is 0 Å². The summed E-state index contributed by atoms with van der Waals surface area (Å²) in [6, 6.07) is 3.28. The molecule has 28 heavy (non-hydrogen) atoms. The summed E-state index contributed by atoms with van der Waals surface area (Å²) in [4.78, 5) is 13.8. The van der Waals surface area contributed by atoms with E-state index in [0.717, 1.165) is 6.07 Å². The standard InChI is InChI=1S/C15H14F4N4O5/c16-13(17)27-10-2-1-8(11(3-10)28-14(18)19)4-20-9-5-22-6-12(23(24)25)21-15(22)26-7-9/h1-3,6,9,13-14,20H,4-5,7H2/t9-/m0/s1. The van der Waals surface area contributed by atoms with E-state index >= 15 is 0 Å². The molecule has 1 atom stereocenters. The van der Waals surface area contributed by atoms with E-state index in [2.05, 4.69) is 19.8 Å². The minimum absolute atomic E-state index is 0.0527. The highest BCUT2D eigenvalue weighted by atomic mass is 19.3. The number of aromatic nitrogens is 2. The van der Waals surface area contributed by atoms with E-state index in [9.17, 15) is 27.7 Å². The number of nitrogens with one attached hydrogen (secondary N) is 1. The predicted octanol–water partition coefficient (Wildman–Crippen LogP) is 2.54. The van der Waals surface area contributed by atoms with Crippen LogP contribution < -0.4 is 19.5 Å². The SMILES string of the molecule is O=[N+]([O-])c1cn2c(n1)OC[C@@H](NCc1ccc(OC(F)F)cc1OC(F)F)C2. The van der Waals surface area contributed by atoms with Crippen LogP contribution in [-0.4, -0.2) is 40.3 Å². The summed E-state index contributed by atoms with van der Waals surface area (Å²) in [7, 11) is 0. The molecule has 1 aliphatic heterocycles. The van der Waals surface area contributed by atoms with Crippen molar-refractivity contribution in [3.05, 3.63) is 40.1 Å². The molecule has 0 spiro atoms. The fraction of sp³-hybridized carbons (Fsp3) is 0.400. The molecule has 0 amide bonds. The van der Waals surface area contributed by atoms with Gasteiger partial charge in [0.15, 0.2) is 0 Å². The number of nitrogens with zero attached hydrogens (tertiary/aromatic N) is 3. The number of imidazole rings is 1. The van der Waals surface area contributed by atoms with Crippen molar-refractivity contribution < 1.29 is 36.7 Å². The van der Waals surface area contributed by atoms with Gasteiger partial charge in [0.2, 0.25) is 0 Å². The number of benzene rings is 1. The summed E-state index contributed by atoms with van der Waals surface area (Å²) in [5, 5.41) is 13.8. The highest BCUT2D eigenvalue weighted by Gasteiger charge is 2.27. The fourth-order valence-corrected chi connectivity index (χ4v) is 2.63. The van der Waals surface area contributed by atoms with Crippen molar-refractivity contribution in [3.8, 4) is 17.5 Å². The van der Waals surface area contributed by atoms with E-state index in [1.807, 2.05) is 0 Å². The second kappa shape index (κ2) is 8.29. The highest BCUT2D eigenvalue weighted by molar-refractivity contribution is 5.41. The number of rotatable bonds is 8. The molecule has 1 aromatic heterocycles. The van der Waals surface area contributed by atoms with Gasteiger partial charge >= 0.3 is 25.1 Å². The van der Waals surface area contributed by atoms with Gasteiger partial charge in [0, 0.05) is 29.7 Å². The fourth-order valence-electron chi connectivity index (χ4n) is 2.63. The van der Waals surface area contributed by atoms with Gasteiger partial charge in [-0.05, 0) is 11.0 Å². The second-order valence-corrected chi connectivity index (χ2v) is 5.71. The van der Waals surface area contributed by atoms with E-state index in [1.54, 1.807) is 0 Å². The van der Waals surface area contributed by atoms with Crippen molar-refractivity contribution in [1.29, 1.82) is 0 Å². The van der Waals surface area contributed by atoms with Gasteiger partial charge in [-0.15, -0.1) is 0 Å². The smallest absolute Gasteiger partial charge is 0.414 e. The Bertz CT molecular complexity index is 848. The topological polar surface area (TPSA) is 101 Å². The third-order valence-corrected chi connectivity index (χ3v) is 3.81. The average Bonchev–Trinajstić information content (AvgIpc) is 3.03. The first-order chi connectivity index (χ1) is 13.3. The van der Waals surface area contributed by atoms with Gasteiger partial charge in [-0.1, -0.05) is 6.07 Å². The maximum atomic E-state index is 12.6. The molecular formula is C15H14F4N4O5. The first kappa shape index (κ1) is 19.7. The molecule has 3 rings (SSSR count). The molecule has 9 nitrogen and oxygen atoms in total. The molecule has 2 heterocycles. The molecule has 0 radical (unpaired) electrons. The Morgan fingerprint density at radius 3 is 2.75 bits per heavy atom. The molecule has 0 saturated heterocycles. The van der Waals surface area contributed by atoms with Crippen molar-refractivity contribution in [2.45, 2.75) is 32.4 Å². The minimum Gasteiger partial charge on any atom is -0.444 e. The molecule has 1 N–H and O–H groups in total. The Morgan fingerprint density at radius 2 is 2.07 bits per heavy atom. The molecule has 152 valence electrons. The van der Waals surface area contributed by atoms with Crippen LogP contribution in [0.15, 0.2) is 24.4 Å². The lowest BCUT2D eigenvalue weighted by atomic mass is 10.1. The Balaban J connectivity index is 1.67. The van der Waals surface area contributed by atoms with Crippen LogP contribution in [-0.2, 0) is 13.1 Å². The van der Waals surface area contributed by atoms with E-state index in [1.165, 1.54) is 22.9 Å². The lowest BCUT2D eigenvalue weighted by Gasteiger charge is -2.23. The maximum absolute atomic E-state index is 12.6. The third kappa shape index (κ3) is 4.79. The average molecular weight is 406 g/mol. The number of hydrogen-bond acceptors (Lipinski definition) is 7. The van der Waals surface area contributed by atoms with E-state index < -0.39 is 18.1 Å². The Kier molecular flexibility index (Phi) is 5.82. The van der Waals surface area contributed by atoms with Crippen LogP contribution in [0.25, 0.3) is 0 Å². The van der Waals surface area contributed by atoms with Crippen molar-refractivity contribution in [1.82, 2.24) is 14.9 Å². The van der Waals surface area contributed by atoms with Gasteiger partial charge in [0.1, 0.15) is 24.3 Å². The van der Waals surface area contributed by atoms with Crippen LogP contribution in [0.5, 0.6) is 17.5 Å². The number of halogens is 4. The number of hydrogen-bond donors (Lipinski definition) is 1. The molecular weight excluding hydrogens is 392 g/mol. The quantitative estimate of drug-likeness (QED) is 0.408. The Morgan fingerprint density at radius 1 is 1.32 bits per heavy atom. The molecule has 1 aliphatic rings. The normalized spacial score (nSPS) is 16.0. The molecule has 0 unspecified atom stereocenters. The van der Waals surface area contributed by atoms with Gasteiger partial charge in [-0.25, -0.2) is 0 Å². The van der Waals surface area contributed by atoms with E-state index in [0.29, 0.717) is 6.54 Å². The largest absolute Gasteiger partial charge is 0.444 e. The molecule has 0 aliphatic carbocycles. The summed E-state index contributed by atoms with van der Waals surface area (Å²) in [6.07, 6.45) is 1.23. The monoisotopic (exact) mass is 406 g/mol. The molecule has 2 aromatic rings. The van der Waals surface area contributed by atoms with E-state index in [4.69, 9.17) is 4.74 Å². The van der Waals surface area contributed by atoms with Crippen LogP contribution in [0.1, 0.15) is 5.56 Å². The van der Waals surface area contributed by atoms with Gasteiger partial charge < -0.3 is 29.6 Å². The first-order valence-electron chi connectivity index (χ1n) is 7.92. The van der Waals surface area contributed by atoms with Crippen molar-refractivity contribution >= 4 is 5.82 Å². The number of alkyl halides is 4. The lowest BCUT2D eigenvalue weighted by molar-refractivity contribution is -0.389. The van der Waals surface area contributed by atoms with Crippen LogP contribution in [0.3, 0.4) is 0 Å². The van der Waals surface area contributed by atoms with Gasteiger partial charge in [0.05, 0.1) is 6.04 Å². The summed E-state index contributed by atoms with van der Waals surface area (Å²) in [5.41, 5.74) is 0.282. The predicted molar refractivity (Wildman–Crippen MR) is 84.7 cm³/mol. The molecule has 0 fully saturated rings. The van der Waals surface area contributed by atoms with Crippen molar-refractivity contribution in [2.75, 3.05) is 6.61 Å². The Hall–Kier alpha value is -3.09. The van der Waals surface area contributed by atoms with Gasteiger partial charge in [-0.3, -0.25) is 4.57 Å². The number of nitro groups is 1. The van der Waals surface area contributed by atoms with Crippen LogP contribution in [0, 0.1) is 10.1 Å². The van der Waals surface area contributed by atoms with Crippen LogP contribution in [0.2, 0.25) is 0 Å². The maximum Gasteiger partial charge on any atom is 0.414 e. The number of ether oxygens (including phenoxy) is 3. The minimum atomic E-state index is -3.15. The molecule has 0 saturated carbocycles. The summed E-state index contributed by atoms with van der Waals surface area (Å²) in [5.74, 6) is -0.972. The molecule has 1 aromatic carbocycles. The molecule has 0 bridgehead atoms. The summed E-state index contributed by atoms with van der Waals surface area (Å²) in [6.45, 7) is -5.75. The second-order valence-electron chi connectivity index (χ2n) is 5.71. The zero-order valence-electron chi connectivity index (χ0n) is 14.1. The zero-order chi connectivity index (χ0) is 20.3. The van der Waals surface area contributed by atoms with Crippen LogP contribution in [0.4, 0.5) is 23.4 Å². The van der Waals surface area contributed by atoms with Crippen LogP contribution >= 0.6 is 0 Å². The lowest BCUT2D eigenvalue weighted by Crippen LogP contribution is -2.41. The number of fused-ring (bicyclic) bond motifs is 1. The van der Waals surface area contributed by atoms with E-state index in [-0.39, 0.29) is 48.1 Å². The summed E-state index contributed by atoms with van der Waals surface area (Å²) < 4.78 is 65.1. The van der Waals surface area contributed by atoms with Crippen molar-refractivity contribution in [2.24, 2.45) is 0 Å². The first-order valence-corrected chi connectivity index (χ1v) is 7.92. The van der Waals surface area contributed by atoms with Gasteiger partial charge in [-0.2, -0.15) is 17.6 Å². The van der Waals surface area contributed by atoms with Gasteiger partial charge in [0.25, 0.3) is 0 Å². The highest BCUT2D eigenvalue weighted by Crippen LogP contribution is 2.28. The molecule has 13 heteroatoms. The zero-order valence-corrected chi connectivity index (χ0v) is 14.1.